The highest BCUT2D eigenvalue weighted by molar-refractivity contribution is 7.12. The lowest BCUT2D eigenvalue weighted by Gasteiger charge is -2.09. The van der Waals surface area contributed by atoms with Crippen molar-refractivity contribution in [2.45, 2.75) is 40.7 Å². The largest absolute Gasteiger partial charge is 0.426 e. The number of nitrogens with one attached hydrogen (secondary N) is 1. The lowest BCUT2D eigenvalue weighted by atomic mass is 10.1. The first kappa shape index (κ1) is 20.8. The number of amides is 1. The Bertz CT molecular complexity index is 989. The topological polar surface area (TPSA) is 73.2 Å². The molecule has 2 heterocycles. The number of carbonyl (C=O) groups is 2. The van der Waals surface area contributed by atoms with Crippen LogP contribution in [0.3, 0.4) is 0 Å². The van der Waals surface area contributed by atoms with Gasteiger partial charge in [0.15, 0.2) is 0 Å². The minimum atomic E-state index is -0.337. The van der Waals surface area contributed by atoms with E-state index >= 15 is 0 Å². The Hall–Kier alpha value is -2.93. The molecular weight excluding hydrogens is 386 g/mol. The first-order valence-electron chi connectivity index (χ1n) is 9.52. The molecule has 0 aliphatic rings. The van der Waals surface area contributed by atoms with Gasteiger partial charge in [0.25, 0.3) is 5.91 Å². The Morgan fingerprint density at radius 3 is 2.52 bits per heavy atom. The van der Waals surface area contributed by atoms with Crippen molar-refractivity contribution >= 4 is 28.9 Å². The van der Waals surface area contributed by atoms with Gasteiger partial charge in [-0.1, -0.05) is 19.9 Å². The summed E-state index contributed by atoms with van der Waals surface area (Å²) < 4.78 is 7.42. The predicted molar refractivity (Wildman–Crippen MR) is 115 cm³/mol. The highest BCUT2D eigenvalue weighted by Crippen LogP contribution is 2.20. The second-order valence-electron chi connectivity index (χ2n) is 7.33. The second-order valence-corrected chi connectivity index (χ2v) is 8.28. The Morgan fingerprint density at radius 2 is 1.90 bits per heavy atom. The fourth-order valence-electron chi connectivity index (χ4n) is 3.03. The molecule has 0 aliphatic carbocycles. The van der Waals surface area contributed by atoms with Crippen LogP contribution in [0.5, 0.6) is 5.75 Å². The van der Waals surface area contributed by atoms with Gasteiger partial charge in [0.1, 0.15) is 5.75 Å². The maximum atomic E-state index is 12.4. The number of nitrogens with zero attached hydrogens (tertiary/aromatic N) is 2. The molecule has 29 heavy (non-hydrogen) atoms. The molecule has 0 fully saturated rings. The van der Waals surface area contributed by atoms with Crippen LogP contribution in [0.25, 0.3) is 0 Å². The maximum absolute atomic E-state index is 12.4. The normalized spacial score (nSPS) is 10.9. The SMILES string of the molecule is Cc1nn(CC(C)C)c(C)c1CC(=O)Oc1ccc(NC(=O)c2cccs2)cc1. The number of aromatic nitrogens is 2. The molecule has 0 saturated heterocycles. The number of carbonyl (C=O) groups excluding carboxylic acids is 2. The summed E-state index contributed by atoms with van der Waals surface area (Å²) >= 11 is 1.38. The van der Waals surface area contributed by atoms with Crippen molar-refractivity contribution in [1.29, 1.82) is 0 Å². The van der Waals surface area contributed by atoms with E-state index in [2.05, 4.69) is 24.3 Å². The number of benzene rings is 1. The quantitative estimate of drug-likeness (QED) is 0.455. The van der Waals surface area contributed by atoms with Gasteiger partial charge in [0.05, 0.1) is 17.0 Å². The molecule has 0 bridgehead atoms. The molecule has 3 aromatic rings. The molecule has 0 unspecified atom stereocenters. The van der Waals surface area contributed by atoms with E-state index in [1.807, 2.05) is 30.0 Å². The van der Waals surface area contributed by atoms with Gasteiger partial charge in [-0.2, -0.15) is 5.10 Å². The first-order valence-corrected chi connectivity index (χ1v) is 10.4. The molecule has 1 N–H and O–H groups in total. The lowest BCUT2D eigenvalue weighted by Crippen LogP contribution is -2.13. The molecule has 0 saturated carbocycles. The first-order chi connectivity index (χ1) is 13.8. The van der Waals surface area contributed by atoms with Crippen LogP contribution in [0.4, 0.5) is 5.69 Å². The minimum Gasteiger partial charge on any atom is -0.426 e. The second kappa shape index (κ2) is 9.05. The third-order valence-electron chi connectivity index (χ3n) is 4.48. The molecule has 0 atom stereocenters. The third kappa shape index (κ3) is 5.32. The van der Waals surface area contributed by atoms with Crippen molar-refractivity contribution in [1.82, 2.24) is 9.78 Å². The molecule has 0 radical (unpaired) electrons. The summed E-state index contributed by atoms with van der Waals surface area (Å²) in [5, 5.41) is 9.21. The van der Waals surface area contributed by atoms with Gasteiger partial charge in [-0.05, 0) is 55.5 Å². The van der Waals surface area contributed by atoms with Crippen LogP contribution in [0, 0.1) is 19.8 Å². The lowest BCUT2D eigenvalue weighted by molar-refractivity contribution is -0.133. The van der Waals surface area contributed by atoms with E-state index < -0.39 is 0 Å². The summed E-state index contributed by atoms with van der Waals surface area (Å²) in [5.74, 6) is 0.422. The van der Waals surface area contributed by atoms with Crippen LogP contribution in [-0.2, 0) is 17.8 Å². The maximum Gasteiger partial charge on any atom is 0.315 e. The average Bonchev–Trinajstić information content (AvgIpc) is 3.28. The fraction of sp³-hybridized carbons (Fsp3) is 0.318. The highest BCUT2D eigenvalue weighted by Gasteiger charge is 2.17. The van der Waals surface area contributed by atoms with Crippen molar-refractivity contribution in [3.05, 3.63) is 63.6 Å². The van der Waals surface area contributed by atoms with Crippen molar-refractivity contribution in [2.75, 3.05) is 5.32 Å². The summed E-state index contributed by atoms with van der Waals surface area (Å²) in [6.45, 7) is 8.99. The van der Waals surface area contributed by atoms with Crippen LogP contribution < -0.4 is 10.1 Å². The van der Waals surface area contributed by atoms with Crippen LogP contribution in [0.15, 0.2) is 41.8 Å². The summed E-state index contributed by atoms with van der Waals surface area (Å²) in [6.07, 6.45) is 0.173. The van der Waals surface area contributed by atoms with Crippen molar-refractivity contribution in [2.24, 2.45) is 5.92 Å². The van der Waals surface area contributed by atoms with Gasteiger partial charge in [0.2, 0.25) is 0 Å². The number of hydrogen-bond acceptors (Lipinski definition) is 5. The zero-order chi connectivity index (χ0) is 21.0. The van der Waals surface area contributed by atoms with Crippen molar-refractivity contribution < 1.29 is 14.3 Å². The smallest absolute Gasteiger partial charge is 0.315 e. The van der Waals surface area contributed by atoms with Crippen molar-refractivity contribution in [3.8, 4) is 5.75 Å². The summed E-state index contributed by atoms with van der Waals surface area (Å²) in [5.41, 5.74) is 3.41. The molecule has 6 nitrogen and oxygen atoms in total. The third-order valence-corrected chi connectivity index (χ3v) is 5.35. The summed E-state index contributed by atoms with van der Waals surface area (Å²) in [4.78, 5) is 25.1. The predicted octanol–water partition coefficient (Wildman–Crippen LogP) is 4.62. The number of aryl methyl sites for hydroxylation is 1. The number of ether oxygens (including phenoxy) is 1. The number of hydrogen-bond donors (Lipinski definition) is 1. The zero-order valence-corrected chi connectivity index (χ0v) is 17.9. The van der Waals surface area contributed by atoms with E-state index in [9.17, 15) is 9.59 Å². The summed E-state index contributed by atoms with van der Waals surface area (Å²) in [6, 6.07) is 10.4. The zero-order valence-electron chi connectivity index (χ0n) is 17.1. The number of anilines is 1. The average molecular weight is 412 g/mol. The molecular formula is C22H25N3O3S. The standard InChI is InChI=1S/C22H25N3O3S/c1-14(2)13-25-16(4)19(15(3)24-25)12-21(26)28-18-9-7-17(8-10-18)23-22(27)20-6-5-11-29-20/h5-11,14H,12-13H2,1-4H3,(H,23,27). The van der Waals surface area contributed by atoms with Gasteiger partial charge in [-0.3, -0.25) is 14.3 Å². The fourth-order valence-corrected chi connectivity index (χ4v) is 3.65. The van der Waals surface area contributed by atoms with E-state index in [0.717, 1.165) is 23.5 Å². The minimum absolute atomic E-state index is 0.158. The Kier molecular flexibility index (Phi) is 6.49. The molecule has 2 aromatic heterocycles. The molecule has 3 rings (SSSR count). The van der Waals surface area contributed by atoms with E-state index in [1.165, 1.54) is 11.3 Å². The molecule has 152 valence electrons. The number of esters is 1. The molecule has 1 aromatic carbocycles. The van der Waals surface area contributed by atoms with E-state index in [1.54, 1.807) is 30.3 Å². The monoisotopic (exact) mass is 411 g/mol. The molecule has 0 aliphatic heterocycles. The Labute approximate surface area is 174 Å². The molecule has 7 heteroatoms. The van der Waals surface area contributed by atoms with E-state index in [0.29, 0.717) is 22.2 Å². The molecule has 0 spiro atoms. The molecule has 1 amide bonds. The number of rotatable bonds is 7. The number of thiophene rings is 1. The van der Waals surface area contributed by atoms with Crippen LogP contribution >= 0.6 is 11.3 Å². The van der Waals surface area contributed by atoms with Gasteiger partial charge >= 0.3 is 5.97 Å². The van der Waals surface area contributed by atoms with Gasteiger partial charge < -0.3 is 10.1 Å². The van der Waals surface area contributed by atoms with Gasteiger partial charge in [-0.15, -0.1) is 11.3 Å². The van der Waals surface area contributed by atoms with E-state index in [-0.39, 0.29) is 18.3 Å². The van der Waals surface area contributed by atoms with Gasteiger partial charge in [0, 0.05) is 23.5 Å². The Morgan fingerprint density at radius 1 is 1.17 bits per heavy atom. The van der Waals surface area contributed by atoms with Gasteiger partial charge in [-0.25, -0.2) is 0 Å². The van der Waals surface area contributed by atoms with Crippen LogP contribution in [-0.4, -0.2) is 21.7 Å². The van der Waals surface area contributed by atoms with Crippen molar-refractivity contribution in [3.63, 3.8) is 0 Å². The highest BCUT2D eigenvalue weighted by atomic mass is 32.1. The Balaban J connectivity index is 1.60. The van der Waals surface area contributed by atoms with Crippen LogP contribution in [0.2, 0.25) is 0 Å². The van der Waals surface area contributed by atoms with Crippen LogP contribution in [0.1, 0.15) is 40.5 Å². The van der Waals surface area contributed by atoms with E-state index in [4.69, 9.17) is 4.74 Å². The summed E-state index contributed by atoms with van der Waals surface area (Å²) in [7, 11) is 0.